The Labute approximate surface area is 274 Å². The quantitative estimate of drug-likeness (QED) is 0.270. The Morgan fingerprint density at radius 2 is 1.89 bits per heavy atom. The molecular weight excluding hydrogens is 618 g/mol. The minimum atomic E-state index is -3.98. The van der Waals surface area contributed by atoms with Crippen molar-refractivity contribution in [3.8, 4) is 5.88 Å². The number of pyridine rings is 1. The van der Waals surface area contributed by atoms with Crippen molar-refractivity contribution < 1.29 is 27.8 Å². The number of ether oxygens (including phenoxy) is 2. The van der Waals surface area contributed by atoms with Gasteiger partial charge in [-0.15, -0.1) is 5.10 Å². The Balaban J connectivity index is 1.30. The lowest BCUT2D eigenvalue weighted by atomic mass is 9.69. The number of nitrogens with zero attached hydrogens (tertiary/aromatic N) is 5. The maximum absolute atomic E-state index is 14.2. The van der Waals surface area contributed by atoms with Crippen LogP contribution in [0.25, 0.3) is 11.0 Å². The van der Waals surface area contributed by atoms with E-state index in [0.29, 0.717) is 32.0 Å². The molecule has 4 heterocycles. The van der Waals surface area contributed by atoms with Crippen LogP contribution in [-0.4, -0.2) is 69.1 Å². The van der Waals surface area contributed by atoms with Crippen LogP contribution in [0.2, 0.25) is 0 Å². The van der Waals surface area contributed by atoms with Crippen molar-refractivity contribution in [1.82, 2.24) is 24.3 Å². The fourth-order valence-electron chi connectivity index (χ4n) is 7.09. The Hall–Kier alpha value is -3.87. The Bertz CT molecular complexity index is 1960. The van der Waals surface area contributed by atoms with Gasteiger partial charge < -0.3 is 14.6 Å². The molecule has 1 atom stereocenters. The van der Waals surface area contributed by atoms with Crippen molar-refractivity contribution in [2.45, 2.75) is 82.9 Å². The van der Waals surface area contributed by atoms with E-state index in [-0.39, 0.29) is 23.9 Å². The van der Waals surface area contributed by atoms with Gasteiger partial charge in [-0.1, -0.05) is 29.5 Å². The monoisotopic (exact) mass is 659 g/mol. The van der Waals surface area contributed by atoms with Crippen LogP contribution >= 0.6 is 0 Å². The topological polar surface area (TPSA) is 137 Å². The number of carbonyl (C=O) groups is 1. The van der Waals surface area contributed by atoms with Gasteiger partial charge in [-0.3, -0.25) is 4.79 Å². The maximum atomic E-state index is 14.2. The molecule has 0 bridgehead atoms. The van der Waals surface area contributed by atoms with Crippen molar-refractivity contribution in [3.05, 3.63) is 76.5 Å². The molecule has 3 aliphatic rings. The second kappa shape index (κ2) is 11.7. The molecule has 2 aliphatic heterocycles. The van der Waals surface area contributed by atoms with Crippen LogP contribution in [0, 0.1) is 25.2 Å². The molecule has 1 spiro atoms. The molecule has 2 fully saturated rings. The Kier molecular flexibility index (Phi) is 7.88. The number of sulfonamides is 1. The third-order valence-electron chi connectivity index (χ3n) is 10.3. The zero-order chi connectivity index (χ0) is 33.1. The van der Waals surface area contributed by atoms with Gasteiger partial charge in [0.2, 0.25) is 15.9 Å². The smallest absolute Gasteiger partial charge is 0.310 e. The maximum Gasteiger partial charge on any atom is 0.310 e. The number of carboxylic acid groups (broad SMARTS) is 1. The summed E-state index contributed by atoms with van der Waals surface area (Å²) < 4.78 is 43.8. The van der Waals surface area contributed by atoms with E-state index in [1.807, 2.05) is 48.9 Å². The number of carboxylic acids is 1. The number of aryl methyl sites for hydroxylation is 2. The molecule has 7 rings (SSSR count). The van der Waals surface area contributed by atoms with Gasteiger partial charge in [0.05, 0.1) is 30.7 Å². The van der Waals surface area contributed by atoms with Crippen molar-refractivity contribution in [3.63, 3.8) is 0 Å². The lowest BCUT2D eigenvalue weighted by Gasteiger charge is -2.38. The SMILES string of the molecule is Cc1ccc([C@@H](c2ccc3c(nnn3CC3CC3)c2C)C(C)(C)C(=O)O)cc1CN1CC2(CCOCC2)Oc2ncccc2S1(=O)=O. The largest absolute Gasteiger partial charge is 0.481 e. The van der Waals surface area contributed by atoms with Crippen molar-refractivity contribution in [1.29, 1.82) is 0 Å². The molecule has 248 valence electrons. The lowest BCUT2D eigenvalue weighted by Crippen LogP contribution is -2.50. The highest BCUT2D eigenvalue weighted by atomic mass is 32.2. The molecule has 0 amide bonds. The van der Waals surface area contributed by atoms with E-state index in [1.54, 1.807) is 26.1 Å². The fourth-order valence-corrected chi connectivity index (χ4v) is 8.65. The summed E-state index contributed by atoms with van der Waals surface area (Å²) >= 11 is 0. The lowest BCUT2D eigenvalue weighted by molar-refractivity contribution is -0.147. The van der Waals surface area contributed by atoms with Gasteiger partial charge >= 0.3 is 5.97 Å². The summed E-state index contributed by atoms with van der Waals surface area (Å²) in [6.07, 6.45) is 5.02. The first kappa shape index (κ1) is 31.7. The average Bonchev–Trinajstić information content (AvgIpc) is 3.78. The minimum absolute atomic E-state index is 0.0423. The molecule has 1 aliphatic carbocycles. The number of fused-ring (bicyclic) bond motifs is 2. The summed E-state index contributed by atoms with van der Waals surface area (Å²) in [5.74, 6) is -0.728. The van der Waals surface area contributed by atoms with Crippen LogP contribution in [0.5, 0.6) is 5.88 Å². The second-order valence-electron chi connectivity index (χ2n) is 14.0. The van der Waals surface area contributed by atoms with Gasteiger partial charge in [0.25, 0.3) is 0 Å². The molecular formula is C35H41N5O6S. The van der Waals surface area contributed by atoms with Crippen LogP contribution in [0.15, 0.2) is 53.6 Å². The summed E-state index contributed by atoms with van der Waals surface area (Å²) in [4.78, 5) is 17.2. The fraction of sp³-hybridized carbons (Fsp3) is 0.486. The predicted octanol–water partition coefficient (Wildman–Crippen LogP) is 5.23. The van der Waals surface area contributed by atoms with Crippen LogP contribution < -0.4 is 4.74 Å². The molecule has 47 heavy (non-hydrogen) atoms. The van der Waals surface area contributed by atoms with Gasteiger partial charge in [0.1, 0.15) is 16.0 Å². The van der Waals surface area contributed by atoms with Crippen LogP contribution in [0.4, 0.5) is 0 Å². The van der Waals surface area contributed by atoms with Crippen molar-refractivity contribution >= 4 is 27.0 Å². The first-order chi connectivity index (χ1) is 22.4. The van der Waals surface area contributed by atoms with E-state index in [2.05, 4.69) is 15.3 Å². The molecule has 1 N–H and O–H groups in total. The molecule has 0 unspecified atom stereocenters. The highest BCUT2D eigenvalue weighted by Crippen LogP contribution is 2.45. The van der Waals surface area contributed by atoms with Gasteiger partial charge in [0, 0.05) is 38.0 Å². The van der Waals surface area contributed by atoms with Crippen LogP contribution in [0.3, 0.4) is 0 Å². The molecule has 2 aromatic carbocycles. The van der Waals surface area contributed by atoms with E-state index < -0.39 is 32.9 Å². The van der Waals surface area contributed by atoms with Gasteiger partial charge in [-0.05, 0) is 92.5 Å². The number of hydrogen-bond donors (Lipinski definition) is 1. The number of rotatable bonds is 8. The van der Waals surface area contributed by atoms with Gasteiger partial charge in [-0.25, -0.2) is 18.1 Å². The molecule has 1 saturated heterocycles. The Morgan fingerprint density at radius 3 is 2.62 bits per heavy atom. The first-order valence-electron chi connectivity index (χ1n) is 16.3. The number of hydrogen-bond acceptors (Lipinski definition) is 8. The van der Waals surface area contributed by atoms with E-state index in [4.69, 9.17) is 9.47 Å². The number of benzene rings is 2. The van der Waals surface area contributed by atoms with E-state index in [1.165, 1.54) is 23.2 Å². The predicted molar refractivity (Wildman–Crippen MR) is 175 cm³/mol. The summed E-state index contributed by atoms with van der Waals surface area (Å²) in [6.45, 7) is 9.42. The van der Waals surface area contributed by atoms with Crippen LogP contribution in [0.1, 0.15) is 73.3 Å². The Morgan fingerprint density at radius 1 is 1.13 bits per heavy atom. The number of aliphatic carboxylic acids is 1. The summed E-state index contributed by atoms with van der Waals surface area (Å²) in [5, 5.41) is 19.5. The van der Waals surface area contributed by atoms with Crippen molar-refractivity contribution in [2.24, 2.45) is 11.3 Å². The average molecular weight is 660 g/mol. The molecule has 2 aromatic heterocycles. The molecule has 1 saturated carbocycles. The second-order valence-corrected chi connectivity index (χ2v) is 15.9. The van der Waals surface area contributed by atoms with E-state index >= 15 is 0 Å². The summed E-state index contributed by atoms with van der Waals surface area (Å²) in [5.41, 5.74) is 3.98. The summed E-state index contributed by atoms with van der Waals surface area (Å²) in [6, 6.07) is 13.0. The standard InChI is InChI=1S/C35H41N5O6S/c1-22-7-10-25(30(34(3,4)33(41)42)27-11-12-28-31(23(27)2)37-38-40(28)19-24-8-9-24)18-26(22)20-39-21-35(13-16-45-17-14-35)46-32-29(47(39,43)44)6-5-15-36-32/h5-7,10-12,15,18,24,30H,8-9,13-14,16-17,19-21H2,1-4H3,(H,41,42)/t30-/m0/s1. The third kappa shape index (κ3) is 5.70. The normalized spacial score (nSPS) is 20.0. The first-order valence-corrected chi connectivity index (χ1v) is 17.7. The number of aromatic nitrogens is 4. The van der Waals surface area contributed by atoms with Crippen LogP contribution in [-0.2, 0) is 32.6 Å². The molecule has 11 nitrogen and oxygen atoms in total. The highest BCUT2D eigenvalue weighted by Gasteiger charge is 2.46. The molecule has 12 heteroatoms. The van der Waals surface area contributed by atoms with Gasteiger partial charge in [-0.2, -0.15) is 4.31 Å². The highest BCUT2D eigenvalue weighted by molar-refractivity contribution is 7.89. The summed E-state index contributed by atoms with van der Waals surface area (Å²) in [7, 11) is -3.98. The minimum Gasteiger partial charge on any atom is -0.481 e. The van der Waals surface area contributed by atoms with Crippen molar-refractivity contribution in [2.75, 3.05) is 19.8 Å². The molecule has 0 radical (unpaired) electrons. The van der Waals surface area contributed by atoms with E-state index in [0.717, 1.165) is 45.4 Å². The zero-order valence-corrected chi connectivity index (χ0v) is 28.1. The third-order valence-corrected chi connectivity index (χ3v) is 12.1. The van der Waals surface area contributed by atoms with E-state index in [9.17, 15) is 18.3 Å². The molecule has 4 aromatic rings. The van der Waals surface area contributed by atoms with Gasteiger partial charge in [0.15, 0.2) is 0 Å². The zero-order valence-electron chi connectivity index (χ0n) is 27.3.